The van der Waals surface area contributed by atoms with Gasteiger partial charge in [-0.25, -0.2) is 4.79 Å². The molecular formula is C17H17NO3. The van der Waals surface area contributed by atoms with Gasteiger partial charge >= 0.3 is 5.63 Å². The Hall–Kier alpha value is -2.36. The van der Waals surface area contributed by atoms with Crippen LogP contribution < -0.4 is 5.63 Å². The fraction of sp³-hybridized carbons (Fsp3) is 0.294. The van der Waals surface area contributed by atoms with Crippen LogP contribution in [0.25, 0.3) is 11.1 Å². The third kappa shape index (κ3) is 2.49. The van der Waals surface area contributed by atoms with Crippen LogP contribution >= 0.6 is 0 Å². The summed E-state index contributed by atoms with van der Waals surface area (Å²) in [7, 11) is 0. The number of oxime groups is 1. The number of nitrogens with zero attached hydrogens (tertiary/aromatic N) is 1. The molecule has 21 heavy (non-hydrogen) atoms. The Morgan fingerprint density at radius 2 is 1.90 bits per heavy atom. The second-order valence-corrected chi connectivity index (χ2v) is 6.21. The number of hydrogen-bond acceptors (Lipinski definition) is 4. The van der Waals surface area contributed by atoms with Gasteiger partial charge < -0.3 is 9.62 Å². The molecule has 108 valence electrons. The van der Waals surface area contributed by atoms with Gasteiger partial charge in [-0.15, -0.1) is 0 Å². The van der Waals surface area contributed by atoms with Crippen molar-refractivity contribution < 1.29 is 9.62 Å². The molecule has 0 aliphatic heterocycles. The van der Waals surface area contributed by atoms with Crippen LogP contribution in [0, 0.1) is 5.41 Å². The largest absolute Gasteiger partial charge is 0.427 e. The molecule has 0 saturated heterocycles. The minimum atomic E-state index is -0.373. The molecule has 3 rings (SSSR count). The van der Waals surface area contributed by atoms with Crippen molar-refractivity contribution in [3.05, 3.63) is 58.1 Å². The predicted octanol–water partition coefficient (Wildman–Crippen LogP) is 3.46. The van der Waals surface area contributed by atoms with Gasteiger partial charge in [-0.05, 0) is 17.4 Å². The summed E-state index contributed by atoms with van der Waals surface area (Å²) in [5.41, 5.74) is 2.54. The summed E-state index contributed by atoms with van der Waals surface area (Å²) in [4.78, 5) is 11.9. The van der Waals surface area contributed by atoms with E-state index in [0.717, 1.165) is 16.7 Å². The number of hydrogen-bond donors (Lipinski definition) is 1. The summed E-state index contributed by atoms with van der Waals surface area (Å²) in [5.74, 6) is 0.602. The van der Waals surface area contributed by atoms with E-state index in [1.54, 1.807) is 0 Å². The van der Waals surface area contributed by atoms with Crippen molar-refractivity contribution in [3.8, 4) is 11.1 Å². The maximum Gasteiger partial charge on any atom is 0.336 e. The van der Waals surface area contributed by atoms with Crippen LogP contribution in [0.5, 0.6) is 0 Å². The molecule has 0 radical (unpaired) electrons. The second-order valence-electron chi connectivity index (χ2n) is 6.21. The Bertz CT molecular complexity index is 757. The molecule has 0 bridgehead atoms. The van der Waals surface area contributed by atoms with E-state index in [-0.39, 0.29) is 11.0 Å². The van der Waals surface area contributed by atoms with Crippen molar-refractivity contribution in [1.29, 1.82) is 0 Å². The predicted molar refractivity (Wildman–Crippen MR) is 80.8 cm³/mol. The van der Waals surface area contributed by atoms with Crippen molar-refractivity contribution in [2.24, 2.45) is 10.6 Å². The molecule has 0 fully saturated rings. The molecule has 0 saturated carbocycles. The number of rotatable bonds is 1. The van der Waals surface area contributed by atoms with Gasteiger partial charge in [0.25, 0.3) is 0 Å². The molecule has 4 heteroatoms. The summed E-state index contributed by atoms with van der Waals surface area (Å²) in [6.45, 7) is 4.13. The van der Waals surface area contributed by atoms with E-state index in [1.807, 2.05) is 30.3 Å². The molecule has 1 aliphatic carbocycles. The van der Waals surface area contributed by atoms with Gasteiger partial charge in [0.2, 0.25) is 0 Å². The Morgan fingerprint density at radius 1 is 1.19 bits per heavy atom. The van der Waals surface area contributed by atoms with E-state index in [4.69, 9.17) is 4.42 Å². The van der Waals surface area contributed by atoms with Gasteiger partial charge in [0.05, 0.1) is 5.71 Å². The molecule has 0 amide bonds. The lowest BCUT2D eigenvalue weighted by molar-refractivity contribution is 0.292. The first-order valence-corrected chi connectivity index (χ1v) is 6.94. The number of fused-ring (bicyclic) bond motifs is 1. The fourth-order valence-electron chi connectivity index (χ4n) is 2.95. The number of benzene rings is 1. The third-order valence-electron chi connectivity index (χ3n) is 3.81. The highest BCUT2D eigenvalue weighted by molar-refractivity contribution is 6.07. The van der Waals surface area contributed by atoms with E-state index in [0.29, 0.717) is 24.3 Å². The van der Waals surface area contributed by atoms with Crippen LogP contribution in [0.1, 0.15) is 31.6 Å². The monoisotopic (exact) mass is 283 g/mol. The first-order valence-electron chi connectivity index (χ1n) is 6.94. The molecule has 1 N–H and O–H groups in total. The molecule has 1 aromatic heterocycles. The summed E-state index contributed by atoms with van der Waals surface area (Å²) in [6.07, 6.45) is 1.29. The zero-order chi connectivity index (χ0) is 15.0. The van der Waals surface area contributed by atoms with Crippen molar-refractivity contribution in [3.63, 3.8) is 0 Å². The first-order chi connectivity index (χ1) is 10.00. The normalized spacial score (nSPS) is 18.5. The Kier molecular flexibility index (Phi) is 3.16. The van der Waals surface area contributed by atoms with Crippen molar-refractivity contribution >= 4 is 5.71 Å². The van der Waals surface area contributed by atoms with Crippen LogP contribution in [0.2, 0.25) is 0 Å². The summed E-state index contributed by atoms with van der Waals surface area (Å²) >= 11 is 0. The van der Waals surface area contributed by atoms with Crippen LogP contribution in [0.3, 0.4) is 0 Å². The van der Waals surface area contributed by atoms with E-state index in [2.05, 4.69) is 19.0 Å². The highest BCUT2D eigenvalue weighted by atomic mass is 16.4. The Morgan fingerprint density at radius 3 is 2.57 bits per heavy atom. The third-order valence-corrected chi connectivity index (χ3v) is 3.81. The van der Waals surface area contributed by atoms with Gasteiger partial charge in [-0.3, -0.25) is 0 Å². The van der Waals surface area contributed by atoms with Crippen LogP contribution in [-0.2, 0) is 6.42 Å². The lowest BCUT2D eigenvalue weighted by Gasteiger charge is -2.31. The maximum atomic E-state index is 11.9. The maximum absolute atomic E-state index is 11.9. The Balaban J connectivity index is 2.30. The van der Waals surface area contributed by atoms with Crippen LogP contribution in [0.15, 0.2) is 50.8 Å². The summed E-state index contributed by atoms with van der Waals surface area (Å²) in [6, 6.07) is 11.1. The molecule has 0 unspecified atom stereocenters. The van der Waals surface area contributed by atoms with Crippen molar-refractivity contribution in [2.75, 3.05) is 0 Å². The molecule has 4 nitrogen and oxygen atoms in total. The minimum absolute atomic E-state index is 0.0974. The van der Waals surface area contributed by atoms with E-state index in [1.165, 1.54) is 6.07 Å². The van der Waals surface area contributed by atoms with Crippen LogP contribution in [0.4, 0.5) is 0 Å². The minimum Gasteiger partial charge on any atom is -0.427 e. The van der Waals surface area contributed by atoms with Gasteiger partial charge in [-0.2, -0.15) is 0 Å². The molecular weight excluding hydrogens is 266 g/mol. The van der Waals surface area contributed by atoms with Crippen LogP contribution in [-0.4, -0.2) is 10.9 Å². The summed E-state index contributed by atoms with van der Waals surface area (Å²) < 4.78 is 5.38. The average Bonchev–Trinajstić information content (AvgIpc) is 2.45. The smallest absolute Gasteiger partial charge is 0.336 e. The first kappa shape index (κ1) is 13.6. The standard InChI is InChI=1S/C17H17NO3/c1-17(2)9-13(18-20)16-12(11-6-4-3-5-7-11)8-15(19)21-14(16)10-17/h3-8,20H,9-10H2,1-2H3. The SMILES string of the molecule is CC1(C)CC(=NO)c2c(-c3ccccc3)cc(=O)oc2C1. The van der Waals surface area contributed by atoms with E-state index in [9.17, 15) is 10.0 Å². The van der Waals surface area contributed by atoms with Gasteiger partial charge in [0, 0.05) is 23.6 Å². The highest BCUT2D eigenvalue weighted by Gasteiger charge is 2.34. The zero-order valence-electron chi connectivity index (χ0n) is 12.1. The fourth-order valence-corrected chi connectivity index (χ4v) is 2.95. The van der Waals surface area contributed by atoms with Gasteiger partial charge in [-0.1, -0.05) is 49.3 Å². The molecule has 0 atom stereocenters. The average molecular weight is 283 g/mol. The molecule has 1 aromatic carbocycles. The Labute approximate surface area is 122 Å². The van der Waals surface area contributed by atoms with E-state index >= 15 is 0 Å². The highest BCUT2D eigenvalue weighted by Crippen LogP contribution is 2.38. The topological polar surface area (TPSA) is 62.8 Å². The van der Waals surface area contributed by atoms with Crippen molar-refractivity contribution in [2.45, 2.75) is 26.7 Å². The molecule has 2 aromatic rings. The van der Waals surface area contributed by atoms with Gasteiger partial charge in [0.15, 0.2) is 0 Å². The van der Waals surface area contributed by atoms with Gasteiger partial charge in [0.1, 0.15) is 5.76 Å². The quantitative estimate of drug-likeness (QED) is 0.644. The molecule has 1 heterocycles. The zero-order valence-corrected chi connectivity index (χ0v) is 12.1. The molecule has 0 spiro atoms. The summed E-state index contributed by atoms with van der Waals surface area (Å²) in [5, 5.41) is 12.8. The lowest BCUT2D eigenvalue weighted by atomic mass is 9.74. The van der Waals surface area contributed by atoms with E-state index < -0.39 is 0 Å². The second kappa shape index (κ2) is 4.88. The van der Waals surface area contributed by atoms with Crippen molar-refractivity contribution in [1.82, 2.24) is 0 Å². The lowest BCUT2D eigenvalue weighted by Crippen LogP contribution is -2.29. The molecule has 1 aliphatic rings.